The number of benzene rings is 2. The molecule has 9 nitrogen and oxygen atoms in total. The smallest absolute Gasteiger partial charge is 0.414 e. The minimum absolute atomic E-state index is 0.136. The molecular formula is C20H18N4O5. The Labute approximate surface area is 165 Å². The Morgan fingerprint density at radius 1 is 1.03 bits per heavy atom. The third-order valence-electron chi connectivity index (χ3n) is 4.32. The summed E-state index contributed by atoms with van der Waals surface area (Å²) in [5.41, 5.74) is 3.45. The third kappa shape index (κ3) is 4.24. The average molecular weight is 394 g/mol. The summed E-state index contributed by atoms with van der Waals surface area (Å²) in [4.78, 5) is 26.8. The maximum absolute atomic E-state index is 10.5. The molecule has 0 aliphatic carbocycles. The highest BCUT2D eigenvalue weighted by Gasteiger charge is 2.14. The molecule has 4 aromatic rings. The van der Waals surface area contributed by atoms with Crippen molar-refractivity contribution < 1.29 is 25.0 Å². The number of carboxylic acid groups (broad SMARTS) is 2. The largest absolute Gasteiger partial charge is 0.473 e. The standard InChI is InChI=1S/C18H16N4O.C2H2O4/c1-13(21-10-9-19-12-21)15-7-8-16-17(11-15)22(23)18(20-16)14-5-3-2-4-6-14;3-1(4)2(5)6/h2-13,23H,1H3;(H,3,4)(H,5,6). The number of rotatable bonds is 3. The molecule has 1 unspecified atom stereocenters. The van der Waals surface area contributed by atoms with Gasteiger partial charge < -0.3 is 20.0 Å². The Morgan fingerprint density at radius 3 is 2.31 bits per heavy atom. The summed E-state index contributed by atoms with van der Waals surface area (Å²) in [5, 5.41) is 25.3. The van der Waals surface area contributed by atoms with Crippen LogP contribution < -0.4 is 0 Å². The summed E-state index contributed by atoms with van der Waals surface area (Å²) < 4.78 is 3.19. The van der Waals surface area contributed by atoms with E-state index in [9.17, 15) is 5.21 Å². The van der Waals surface area contributed by atoms with Crippen LogP contribution in [-0.2, 0) is 9.59 Å². The van der Waals surface area contributed by atoms with E-state index in [0.29, 0.717) is 11.3 Å². The van der Waals surface area contributed by atoms with E-state index in [4.69, 9.17) is 19.8 Å². The molecule has 148 valence electrons. The van der Waals surface area contributed by atoms with E-state index in [1.807, 2.05) is 59.3 Å². The number of hydrogen-bond acceptors (Lipinski definition) is 5. The van der Waals surface area contributed by atoms with Gasteiger partial charge in [-0.2, -0.15) is 4.73 Å². The zero-order valence-corrected chi connectivity index (χ0v) is 15.4. The maximum Gasteiger partial charge on any atom is 0.414 e. The van der Waals surface area contributed by atoms with Crippen LogP contribution >= 0.6 is 0 Å². The molecule has 0 aliphatic rings. The molecule has 0 spiro atoms. The summed E-state index contributed by atoms with van der Waals surface area (Å²) in [6.45, 7) is 2.10. The van der Waals surface area contributed by atoms with Gasteiger partial charge >= 0.3 is 11.9 Å². The van der Waals surface area contributed by atoms with Crippen molar-refractivity contribution in [3.05, 3.63) is 72.8 Å². The molecule has 0 saturated heterocycles. The lowest BCUT2D eigenvalue weighted by molar-refractivity contribution is -0.159. The van der Waals surface area contributed by atoms with Gasteiger partial charge in [-0.3, -0.25) is 0 Å². The predicted molar refractivity (Wildman–Crippen MR) is 104 cm³/mol. The van der Waals surface area contributed by atoms with Crippen LogP contribution in [0.2, 0.25) is 0 Å². The fourth-order valence-corrected chi connectivity index (χ4v) is 2.78. The van der Waals surface area contributed by atoms with Crippen molar-refractivity contribution >= 4 is 23.0 Å². The first kappa shape index (κ1) is 19.6. The fourth-order valence-electron chi connectivity index (χ4n) is 2.78. The second-order valence-electron chi connectivity index (χ2n) is 6.16. The average Bonchev–Trinajstić information content (AvgIpc) is 3.37. The second-order valence-corrected chi connectivity index (χ2v) is 6.16. The number of fused-ring (bicyclic) bond motifs is 1. The number of aromatic nitrogens is 4. The van der Waals surface area contributed by atoms with Crippen molar-refractivity contribution in [3.8, 4) is 11.4 Å². The van der Waals surface area contributed by atoms with Crippen LogP contribution in [0.4, 0.5) is 0 Å². The topological polar surface area (TPSA) is 130 Å². The van der Waals surface area contributed by atoms with Crippen molar-refractivity contribution in [2.75, 3.05) is 0 Å². The van der Waals surface area contributed by atoms with Crippen molar-refractivity contribution in [2.45, 2.75) is 13.0 Å². The molecule has 29 heavy (non-hydrogen) atoms. The van der Waals surface area contributed by atoms with E-state index in [1.165, 1.54) is 0 Å². The lowest BCUT2D eigenvalue weighted by Gasteiger charge is -2.13. The lowest BCUT2D eigenvalue weighted by Crippen LogP contribution is -2.09. The molecule has 0 saturated carbocycles. The minimum Gasteiger partial charge on any atom is -0.473 e. The SMILES string of the molecule is CC(c1ccc2nc(-c3ccccc3)n(O)c2c1)n1ccnc1.O=C(O)C(=O)O. The van der Waals surface area contributed by atoms with Gasteiger partial charge in [0.2, 0.25) is 0 Å². The number of aliphatic carboxylic acids is 2. The third-order valence-corrected chi connectivity index (χ3v) is 4.32. The predicted octanol–water partition coefficient (Wildman–Crippen LogP) is 2.90. The van der Waals surface area contributed by atoms with E-state index >= 15 is 0 Å². The zero-order chi connectivity index (χ0) is 21.0. The molecule has 2 aromatic carbocycles. The van der Waals surface area contributed by atoms with Gasteiger partial charge in [-0.25, -0.2) is 19.6 Å². The Balaban J connectivity index is 0.000000353. The molecule has 2 heterocycles. The monoisotopic (exact) mass is 394 g/mol. The maximum atomic E-state index is 10.5. The highest BCUT2D eigenvalue weighted by molar-refractivity contribution is 6.27. The van der Waals surface area contributed by atoms with Crippen LogP contribution in [0.5, 0.6) is 0 Å². The summed E-state index contributed by atoms with van der Waals surface area (Å²) in [6, 6.07) is 15.8. The number of hydrogen-bond donors (Lipinski definition) is 3. The van der Waals surface area contributed by atoms with Crippen molar-refractivity contribution in [1.82, 2.24) is 19.3 Å². The molecule has 4 rings (SSSR count). The molecule has 3 N–H and O–H groups in total. The Bertz CT molecular complexity index is 1120. The van der Waals surface area contributed by atoms with Gasteiger partial charge in [0, 0.05) is 18.0 Å². The van der Waals surface area contributed by atoms with E-state index in [2.05, 4.69) is 16.9 Å². The normalized spacial score (nSPS) is 11.5. The van der Waals surface area contributed by atoms with E-state index < -0.39 is 11.9 Å². The van der Waals surface area contributed by atoms with Crippen molar-refractivity contribution in [2.24, 2.45) is 0 Å². The number of nitrogens with zero attached hydrogens (tertiary/aromatic N) is 4. The molecule has 0 radical (unpaired) electrons. The van der Waals surface area contributed by atoms with E-state index in [1.54, 1.807) is 12.5 Å². The van der Waals surface area contributed by atoms with Gasteiger partial charge in [-0.1, -0.05) is 36.4 Å². The molecule has 2 aromatic heterocycles. The van der Waals surface area contributed by atoms with Gasteiger partial charge in [0.25, 0.3) is 0 Å². The molecule has 0 fully saturated rings. The van der Waals surface area contributed by atoms with Crippen LogP contribution in [0, 0.1) is 0 Å². The highest BCUT2D eigenvalue weighted by atomic mass is 16.5. The molecule has 9 heteroatoms. The first-order valence-electron chi connectivity index (χ1n) is 8.59. The Kier molecular flexibility index (Phi) is 5.59. The van der Waals surface area contributed by atoms with Gasteiger partial charge in [0.15, 0.2) is 5.82 Å². The van der Waals surface area contributed by atoms with E-state index in [0.717, 1.165) is 21.4 Å². The number of imidazole rings is 2. The first-order valence-corrected chi connectivity index (χ1v) is 8.59. The van der Waals surface area contributed by atoms with Crippen molar-refractivity contribution in [3.63, 3.8) is 0 Å². The van der Waals surface area contributed by atoms with Gasteiger partial charge in [0.05, 0.1) is 17.9 Å². The molecule has 0 aliphatic heterocycles. The number of carboxylic acids is 2. The van der Waals surface area contributed by atoms with Crippen LogP contribution in [-0.4, -0.2) is 46.6 Å². The van der Waals surface area contributed by atoms with Crippen LogP contribution in [0.25, 0.3) is 22.4 Å². The number of carbonyl (C=O) groups is 2. The zero-order valence-electron chi connectivity index (χ0n) is 15.4. The Morgan fingerprint density at radius 2 is 1.72 bits per heavy atom. The summed E-state index contributed by atoms with van der Waals surface area (Å²) in [6.07, 6.45) is 5.49. The van der Waals surface area contributed by atoms with E-state index in [-0.39, 0.29) is 6.04 Å². The first-order chi connectivity index (χ1) is 13.9. The van der Waals surface area contributed by atoms with Gasteiger partial charge in [-0.15, -0.1) is 0 Å². The molecular weight excluding hydrogens is 376 g/mol. The van der Waals surface area contributed by atoms with Crippen molar-refractivity contribution in [1.29, 1.82) is 0 Å². The molecule has 1 atom stereocenters. The summed E-state index contributed by atoms with van der Waals surface area (Å²) in [5.74, 6) is -3.10. The summed E-state index contributed by atoms with van der Waals surface area (Å²) >= 11 is 0. The quantitative estimate of drug-likeness (QED) is 0.360. The molecule has 0 bridgehead atoms. The second kappa shape index (κ2) is 8.26. The minimum atomic E-state index is -1.82. The van der Waals surface area contributed by atoms with Gasteiger partial charge in [0.1, 0.15) is 5.52 Å². The van der Waals surface area contributed by atoms with Crippen LogP contribution in [0.1, 0.15) is 18.5 Å². The Hall–Kier alpha value is -4.14. The highest BCUT2D eigenvalue weighted by Crippen LogP contribution is 2.26. The van der Waals surface area contributed by atoms with Crippen LogP contribution in [0.3, 0.4) is 0 Å². The van der Waals surface area contributed by atoms with Gasteiger partial charge in [-0.05, 0) is 24.6 Å². The van der Waals surface area contributed by atoms with Crippen LogP contribution in [0.15, 0.2) is 67.3 Å². The molecule has 0 amide bonds. The fraction of sp³-hybridized carbons (Fsp3) is 0.100. The lowest BCUT2D eigenvalue weighted by atomic mass is 10.1. The summed E-state index contributed by atoms with van der Waals surface area (Å²) in [7, 11) is 0.